The molecule has 0 N–H and O–H groups in total. The highest BCUT2D eigenvalue weighted by Gasteiger charge is 2.19. The van der Waals surface area contributed by atoms with Gasteiger partial charge < -0.3 is 9.47 Å². The van der Waals surface area contributed by atoms with E-state index in [0.29, 0.717) is 10.2 Å². The van der Waals surface area contributed by atoms with Gasteiger partial charge in [-0.2, -0.15) is 0 Å². The van der Waals surface area contributed by atoms with Crippen LogP contribution in [0.5, 0.6) is 11.5 Å². The molecule has 0 aromatic heterocycles. The number of halogens is 4. The van der Waals surface area contributed by atoms with Crippen LogP contribution in [0, 0.1) is 11.6 Å². The first-order valence-electron chi connectivity index (χ1n) is 5.98. The van der Waals surface area contributed by atoms with Crippen molar-refractivity contribution in [1.82, 2.24) is 0 Å². The summed E-state index contributed by atoms with van der Waals surface area (Å²) in [6, 6.07) is 7.48. The van der Waals surface area contributed by atoms with E-state index in [0.717, 1.165) is 11.1 Å². The van der Waals surface area contributed by atoms with Crippen molar-refractivity contribution >= 4 is 31.9 Å². The van der Waals surface area contributed by atoms with Crippen molar-refractivity contribution < 1.29 is 18.3 Å². The number of hydrogen-bond acceptors (Lipinski definition) is 2. The van der Waals surface area contributed by atoms with E-state index < -0.39 is 11.6 Å². The number of hydrogen-bond donors (Lipinski definition) is 0. The Balaban J connectivity index is 2.49. The van der Waals surface area contributed by atoms with E-state index in [4.69, 9.17) is 9.47 Å². The highest BCUT2D eigenvalue weighted by molar-refractivity contribution is 9.10. The molecule has 1 atom stereocenters. The van der Waals surface area contributed by atoms with Gasteiger partial charge in [0, 0.05) is 11.6 Å². The molecule has 0 bridgehead atoms. The first kappa shape index (κ1) is 16.2. The number of methoxy groups -OCH3 is 2. The third-order valence-electron chi connectivity index (χ3n) is 3.01. The van der Waals surface area contributed by atoms with Crippen LogP contribution in [-0.2, 0) is 0 Å². The Morgan fingerprint density at radius 3 is 2.24 bits per heavy atom. The minimum Gasteiger partial charge on any atom is -0.496 e. The van der Waals surface area contributed by atoms with E-state index in [9.17, 15) is 8.78 Å². The van der Waals surface area contributed by atoms with Gasteiger partial charge in [0.2, 0.25) is 0 Å². The molecule has 0 aliphatic heterocycles. The number of benzene rings is 2. The third kappa shape index (κ3) is 3.37. The van der Waals surface area contributed by atoms with Crippen molar-refractivity contribution in [2.45, 2.75) is 4.83 Å². The molecular formula is C15H12Br2F2O2. The maximum Gasteiger partial charge on any atom is 0.165 e. The summed E-state index contributed by atoms with van der Waals surface area (Å²) in [5.74, 6) is -0.293. The highest BCUT2D eigenvalue weighted by Crippen LogP contribution is 2.40. The van der Waals surface area contributed by atoms with Gasteiger partial charge in [-0.25, -0.2) is 8.78 Å². The molecule has 0 saturated carbocycles. The number of rotatable bonds is 4. The molecule has 1 unspecified atom stereocenters. The molecule has 2 nitrogen and oxygen atoms in total. The van der Waals surface area contributed by atoms with E-state index in [1.54, 1.807) is 18.2 Å². The molecule has 2 aromatic rings. The molecule has 0 spiro atoms. The van der Waals surface area contributed by atoms with Gasteiger partial charge in [-0.3, -0.25) is 0 Å². The summed E-state index contributed by atoms with van der Waals surface area (Å²) in [6.07, 6.45) is 0. The quantitative estimate of drug-likeness (QED) is 0.629. The second-order valence-electron chi connectivity index (χ2n) is 4.26. The monoisotopic (exact) mass is 420 g/mol. The Bertz CT molecular complexity index is 662. The van der Waals surface area contributed by atoms with Crippen LogP contribution >= 0.6 is 31.9 Å². The van der Waals surface area contributed by atoms with E-state index in [1.807, 2.05) is 0 Å². The molecule has 0 fully saturated rings. The minimum absolute atomic E-state index is 0.150. The van der Waals surface area contributed by atoms with Crippen LogP contribution in [0.15, 0.2) is 34.8 Å². The Kier molecular flexibility index (Phi) is 5.22. The van der Waals surface area contributed by atoms with Crippen molar-refractivity contribution in [3.05, 3.63) is 57.6 Å². The fraction of sp³-hybridized carbons (Fsp3) is 0.200. The Morgan fingerprint density at radius 1 is 0.952 bits per heavy atom. The Hall–Kier alpha value is -1.14. The van der Waals surface area contributed by atoms with Crippen LogP contribution in [0.1, 0.15) is 16.0 Å². The summed E-state index contributed by atoms with van der Waals surface area (Å²) >= 11 is 6.69. The van der Waals surface area contributed by atoms with Crippen LogP contribution in [0.25, 0.3) is 0 Å². The van der Waals surface area contributed by atoms with Gasteiger partial charge in [0.15, 0.2) is 11.6 Å². The zero-order valence-electron chi connectivity index (χ0n) is 11.3. The molecule has 2 rings (SSSR count). The third-order valence-corrected chi connectivity index (χ3v) is 4.64. The fourth-order valence-electron chi connectivity index (χ4n) is 1.93. The second kappa shape index (κ2) is 6.75. The van der Waals surface area contributed by atoms with Crippen LogP contribution in [-0.4, -0.2) is 14.2 Å². The molecule has 0 aliphatic rings. The predicted octanol–water partition coefficient (Wildman–Crippen LogP) is 5.23. The molecule has 21 heavy (non-hydrogen) atoms. The smallest absolute Gasteiger partial charge is 0.165 e. The van der Waals surface area contributed by atoms with Crippen LogP contribution < -0.4 is 9.47 Å². The lowest BCUT2D eigenvalue weighted by Gasteiger charge is -2.16. The van der Waals surface area contributed by atoms with Crippen LogP contribution in [0.2, 0.25) is 0 Å². The lowest BCUT2D eigenvalue weighted by atomic mass is 10.0. The number of alkyl halides is 1. The van der Waals surface area contributed by atoms with Crippen LogP contribution in [0.3, 0.4) is 0 Å². The summed E-state index contributed by atoms with van der Waals surface area (Å²) in [6.45, 7) is 0. The van der Waals surface area contributed by atoms with Crippen molar-refractivity contribution in [1.29, 1.82) is 0 Å². The Morgan fingerprint density at radius 2 is 1.62 bits per heavy atom. The summed E-state index contributed by atoms with van der Waals surface area (Å²) < 4.78 is 37.6. The van der Waals surface area contributed by atoms with Gasteiger partial charge >= 0.3 is 0 Å². The summed E-state index contributed by atoms with van der Waals surface area (Å²) in [4.78, 5) is -0.293. The van der Waals surface area contributed by atoms with Crippen molar-refractivity contribution in [3.8, 4) is 11.5 Å². The fourth-order valence-corrected chi connectivity index (χ4v) is 2.94. The SMILES string of the molecule is COc1cc(C(Br)c2cc(Br)c(F)cc2OC)ccc1F. The molecule has 0 heterocycles. The average Bonchev–Trinajstić information content (AvgIpc) is 2.49. The average molecular weight is 422 g/mol. The second-order valence-corrected chi connectivity index (χ2v) is 6.03. The predicted molar refractivity (Wildman–Crippen MR) is 84.4 cm³/mol. The number of ether oxygens (including phenoxy) is 2. The van der Waals surface area contributed by atoms with Crippen LogP contribution in [0.4, 0.5) is 8.78 Å². The van der Waals surface area contributed by atoms with E-state index >= 15 is 0 Å². The lowest BCUT2D eigenvalue weighted by Crippen LogP contribution is -2.00. The summed E-state index contributed by atoms with van der Waals surface area (Å²) in [7, 11) is 2.87. The standard InChI is InChI=1S/C15H12Br2F2O2/c1-20-13-7-12(19)10(16)6-9(13)15(17)8-3-4-11(18)14(5-8)21-2/h3-7,15H,1-2H3. The van der Waals surface area contributed by atoms with Gasteiger partial charge in [0.1, 0.15) is 11.6 Å². The van der Waals surface area contributed by atoms with Gasteiger partial charge in [-0.15, -0.1) is 0 Å². The van der Waals surface area contributed by atoms with Gasteiger partial charge in [0.05, 0.1) is 23.5 Å². The Labute approximate surface area is 138 Å². The van der Waals surface area contributed by atoms with Crippen molar-refractivity contribution in [2.24, 2.45) is 0 Å². The summed E-state index contributed by atoms with van der Waals surface area (Å²) in [5, 5.41) is 0. The zero-order valence-corrected chi connectivity index (χ0v) is 14.5. The normalized spacial score (nSPS) is 12.1. The van der Waals surface area contributed by atoms with Gasteiger partial charge in [-0.05, 0) is 39.7 Å². The maximum absolute atomic E-state index is 13.6. The molecule has 0 aliphatic carbocycles. The topological polar surface area (TPSA) is 18.5 Å². The zero-order chi connectivity index (χ0) is 15.6. The summed E-state index contributed by atoms with van der Waals surface area (Å²) in [5.41, 5.74) is 1.49. The first-order chi connectivity index (χ1) is 9.97. The molecule has 2 aromatic carbocycles. The van der Waals surface area contributed by atoms with E-state index in [1.165, 1.54) is 26.4 Å². The molecule has 6 heteroatoms. The largest absolute Gasteiger partial charge is 0.496 e. The van der Waals surface area contributed by atoms with Gasteiger partial charge in [-0.1, -0.05) is 22.0 Å². The minimum atomic E-state index is -0.437. The van der Waals surface area contributed by atoms with Crippen molar-refractivity contribution in [2.75, 3.05) is 14.2 Å². The molecule has 0 saturated heterocycles. The molecule has 0 radical (unpaired) electrons. The molecule has 0 amide bonds. The van der Waals surface area contributed by atoms with E-state index in [2.05, 4.69) is 31.9 Å². The lowest BCUT2D eigenvalue weighted by molar-refractivity contribution is 0.386. The van der Waals surface area contributed by atoms with E-state index in [-0.39, 0.29) is 10.6 Å². The van der Waals surface area contributed by atoms with Crippen molar-refractivity contribution in [3.63, 3.8) is 0 Å². The van der Waals surface area contributed by atoms with Gasteiger partial charge in [0.25, 0.3) is 0 Å². The first-order valence-corrected chi connectivity index (χ1v) is 7.69. The maximum atomic E-state index is 13.6. The highest BCUT2D eigenvalue weighted by atomic mass is 79.9. The molecule has 112 valence electrons. The molecular weight excluding hydrogens is 410 g/mol.